The highest BCUT2D eigenvalue weighted by Gasteiger charge is 2.09. The SMILES string of the molecule is CCc1nc(-c2ccccc2)nc(NN)c1C. The summed E-state index contributed by atoms with van der Waals surface area (Å²) in [5.41, 5.74) is 5.66. The summed E-state index contributed by atoms with van der Waals surface area (Å²) in [7, 11) is 0. The molecule has 0 unspecified atom stereocenters. The summed E-state index contributed by atoms with van der Waals surface area (Å²) in [6.45, 7) is 4.05. The molecule has 1 heterocycles. The minimum Gasteiger partial charge on any atom is -0.308 e. The molecule has 0 radical (unpaired) electrons. The van der Waals surface area contributed by atoms with Crippen molar-refractivity contribution in [3.05, 3.63) is 41.6 Å². The average molecular weight is 228 g/mol. The Hall–Kier alpha value is -1.94. The third kappa shape index (κ3) is 2.26. The fourth-order valence-corrected chi connectivity index (χ4v) is 1.76. The predicted molar refractivity (Wildman–Crippen MR) is 69.4 cm³/mol. The fraction of sp³-hybridized carbons (Fsp3) is 0.231. The lowest BCUT2D eigenvalue weighted by atomic mass is 10.1. The van der Waals surface area contributed by atoms with E-state index in [0.717, 1.165) is 23.2 Å². The Kier molecular flexibility index (Phi) is 3.35. The molecule has 0 aliphatic rings. The second-order valence-electron chi connectivity index (χ2n) is 3.83. The molecule has 17 heavy (non-hydrogen) atoms. The van der Waals surface area contributed by atoms with Gasteiger partial charge in [0, 0.05) is 16.8 Å². The Labute approximate surface area is 101 Å². The van der Waals surface area contributed by atoms with Crippen LogP contribution in [0.5, 0.6) is 0 Å². The normalized spacial score (nSPS) is 10.3. The van der Waals surface area contributed by atoms with E-state index < -0.39 is 0 Å². The largest absolute Gasteiger partial charge is 0.308 e. The highest BCUT2D eigenvalue weighted by Crippen LogP contribution is 2.21. The molecule has 2 rings (SSSR count). The average Bonchev–Trinajstić information content (AvgIpc) is 2.40. The van der Waals surface area contributed by atoms with Gasteiger partial charge in [-0.1, -0.05) is 37.3 Å². The minimum atomic E-state index is 0.690. The summed E-state index contributed by atoms with van der Waals surface area (Å²) >= 11 is 0. The Morgan fingerprint density at radius 2 is 1.88 bits per heavy atom. The van der Waals surface area contributed by atoms with Crippen molar-refractivity contribution >= 4 is 5.82 Å². The number of hydrogen-bond donors (Lipinski definition) is 2. The molecule has 1 aromatic carbocycles. The summed E-state index contributed by atoms with van der Waals surface area (Å²) in [6, 6.07) is 9.90. The van der Waals surface area contributed by atoms with E-state index in [9.17, 15) is 0 Å². The van der Waals surface area contributed by atoms with Gasteiger partial charge in [-0.05, 0) is 13.3 Å². The van der Waals surface area contributed by atoms with Crippen molar-refractivity contribution in [2.24, 2.45) is 5.84 Å². The van der Waals surface area contributed by atoms with Crippen molar-refractivity contribution in [3.63, 3.8) is 0 Å². The molecule has 3 N–H and O–H groups in total. The molecule has 2 aromatic rings. The summed E-state index contributed by atoms with van der Waals surface area (Å²) in [6.07, 6.45) is 0.864. The monoisotopic (exact) mass is 228 g/mol. The zero-order valence-corrected chi connectivity index (χ0v) is 10.1. The first-order valence-corrected chi connectivity index (χ1v) is 5.65. The van der Waals surface area contributed by atoms with Crippen molar-refractivity contribution in [1.29, 1.82) is 0 Å². The number of aromatic nitrogens is 2. The van der Waals surface area contributed by atoms with Crippen molar-refractivity contribution in [3.8, 4) is 11.4 Å². The summed E-state index contributed by atoms with van der Waals surface area (Å²) in [5, 5.41) is 0. The van der Waals surface area contributed by atoms with E-state index in [0.29, 0.717) is 11.6 Å². The molecule has 0 saturated heterocycles. The molecule has 4 heteroatoms. The van der Waals surface area contributed by atoms with Crippen LogP contribution in [0.25, 0.3) is 11.4 Å². The Balaban J connectivity index is 2.56. The lowest BCUT2D eigenvalue weighted by Gasteiger charge is -2.10. The van der Waals surface area contributed by atoms with Gasteiger partial charge in [0.2, 0.25) is 0 Å². The lowest BCUT2D eigenvalue weighted by molar-refractivity contribution is 0.973. The van der Waals surface area contributed by atoms with Crippen molar-refractivity contribution in [2.45, 2.75) is 20.3 Å². The van der Waals surface area contributed by atoms with Gasteiger partial charge in [-0.2, -0.15) is 0 Å². The van der Waals surface area contributed by atoms with Gasteiger partial charge in [0.15, 0.2) is 5.82 Å². The molecule has 88 valence electrons. The second kappa shape index (κ2) is 4.93. The smallest absolute Gasteiger partial charge is 0.161 e. The number of aryl methyl sites for hydroxylation is 1. The molecule has 1 aromatic heterocycles. The van der Waals surface area contributed by atoms with E-state index in [1.54, 1.807) is 0 Å². The molecule has 0 amide bonds. The van der Waals surface area contributed by atoms with E-state index in [2.05, 4.69) is 22.3 Å². The molecule has 0 spiro atoms. The van der Waals surface area contributed by atoms with Crippen molar-refractivity contribution in [1.82, 2.24) is 9.97 Å². The fourth-order valence-electron chi connectivity index (χ4n) is 1.76. The third-order valence-electron chi connectivity index (χ3n) is 2.75. The van der Waals surface area contributed by atoms with Crippen LogP contribution in [-0.4, -0.2) is 9.97 Å². The van der Waals surface area contributed by atoms with Gasteiger partial charge in [0.25, 0.3) is 0 Å². The van der Waals surface area contributed by atoms with Crippen molar-refractivity contribution < 1.29 is 0 Å². The van der Waals surface area contributed by atoms with Gasteiger partial charge in [0.05, 0.1) is 0 Å². The number of hydrazine groups is 1. The second-order valence-corrected chi connectivity index (χ2v) is 3.83. The lowest BCUT2D eigenvalue weighted by Crippen LogP contribution is -2.13. The molecular weight excluding hydrogens is 212 g/mol. The number of nitrogens with one attached hydrogen (secondary N) is 1. The molecule has 0 saturated carbocycles. The first kappa shape index (κ1) is 11.5. The van der Waals surface area contributed by atoms with Gasteiger partial charge < -0.3 is 5.43 Å². The molecule has 0 fully saturated rings. The van der Waals surface area contributed by atoms with E-state index in [4.69, 9.17) is 5.84 Å². The van der Waals surface area contributed by atoms with Crippen LogP contribution >= 0.6 is 0 Å². The first-order valence-electron chi connectivity index (χ1n) is 5.65. The van der Waals surface area contributed by atoms with Crippen LogP contribution in [0.2, 0.25) is 0 Å². The Morgan fingerprint density at radius 1 is 1.18 bits per heavy atom. The first-order chi connectivity index (χ1) is 8.26. The third-order valence-corrected chi connectivity index (χ3v) is 2.75. The highest BCUT2D eigenvalue weighted by molar-refractivity contribution is 5.59. The summed E-state index contributed by atoms with van der Waals surface area (Å²) < 4.78 is 0. The van der Waals surface area contributed by atoms with E-state index in [-0.39, 0.29) is 0 Å². The maximum Gasteiger partial charge on any atom is 0.161 e. The summed E-state index contributed by atoms with van der Waals surface area (Å²) in [4.78, 5) is 8.99. The predicted octanol–water partition coefficient (Wildman–Crippen LogP) is 2.30. The zero-order valence-electron chi connectivity index (χ0n) is 10.1. The van der Waals surface area contributed by atoms with Crippen molar-refractivity contribution in [2.75, 3.05) is 5.43 Å². The minimum absolute atomic E-state index is 0.690. The highest BCUT2D eigenvalue weighted by atomic mass is 15.3. The Bertz CT molecular complexity index is 483. The van der Waals surface area contributed by atoms with Crippen LogP contribution < -0.4 is 11.3 Å². The number of nitrogens with zero attached hydrogens (tertiary/aromatic N) is 2. The molecular formula is C13H16N4. The molecule has 0 aliphatic heterocycles. The van der Waals surface area contributed by atoms with Crippen LogP contribution in [0.3, 0.4) is 0 Å². The number of hydrogen-bond acceptors (Lipinski definition) is 4. The Morgan fingerprint density at radius 3 is 2.47 bits per heavy atom. The van der Waals surface area contributed by atoms with Gasteiger partial charge in [-0.15, -0.1) is 0 Å². The number of benzene rings is 1. The van der Waals surface area contributed by atoms with Crippen LogP contribution in [0.1, 0.15) is 18.2 Å². The van der Waals surface area contributed by atoms with Gasteiger partial charge in [0.1, 0.15) is 5.82 Å². The van der Waals surface area contributed by atoms with Gasteiger partial charge >= 0.3 is 0 Å². The van der Waals surface area contributed by atoms with Crippen LogP contribution in [0.15, 0.2) is 30.3 Å². The quantitative estimate of drug-likeness (QED) is 0.625. The molecule has 4 nitrogen and oxygen atoms in total. The standard InChI is InChI=1S/C13H16N4/c1-3-11-9(2)12(17-14)16-13(15-11)10-7-5-4-6-8-10/h4-8H,3,14H2,1-2H3,(H,15,16,17). The van der Waals surface area contributed by atoms with Gasteiger partial charge in [-0.25, -0.2) is 15.8 Å². The van der Waals surface area contributed by atoms with Crippen LogP contribution in [-0.2, 0) is 6.42 Å². The topological polar surface area (TPSA) is 63.8 Å². The maximum absolute atomic E-state index is 5.48. The molecule has 0 aliphatic carbocycles. The number of nitrogens with two attached hydrogens (primary N) is 1. The van der Waals surface area contributed by atoms with E-state index >= 15 is 0 Å². The molecule has 0 atom stereocenters. The summed E-state index contributed by atoms with van der Waals surface area (Å²) in [5.74, 6) is 6.88. The van der Waals surface area contributed by atoms with Crippen LogP contribution in [0, 0.1) is 6.92 Å². The zero-order chi connectivity index (χ0) is 12.3. The molecule has 0 bridgehead atoms. The number of anilines is 1. The maximum atomic E-state index is 5.48. The van der Waals surface area contributed by atoms with Gasteiger partial charge in [-0.3, -0.25) is 0 Å². The van der Waals surface area contributed by atoms with E-state index in [1.807, 2.05) is 37.3 Å². The van der Waals surface area contributed by atoms with Crippen LogP contribution in [0.4, 0.5) is 5.82 Å². The van der Waals surface area contributed by atoms with E-state index in [1.165, 1.54) is 0 Å². The number of rotatable bonds is 3. The number of nitrogen functional groups attached to an aromatic ring is 1.